The minimum absolute atomic E-state index is 0.0310. The number of nitrogens with one attached hydrogen (secondary N) is 1. The van der Waals surface area contributed by atoms with Crippen molar-refractivity contribution in [3.63, 3.8) is 0 Å². The van der Waals surface area contributed by atoms with Gasteiger partial charge in [0.05, 0.1) is 17.7 Å². The molecule has 1 amide bonds. The topological polar surface area (TPSA) is 69.6 Å². The van der Waals surface area contributed by atoms with Crippen molar-refractivity contribution in [1.29, 1.82) is 0 Å². The van der Waals surface area contributed by atoms with Gasteiger partial charge in [-0.15, -0.1) is 0 Å². The van der Waals surface area contributed by atoms with Crippen LogP contribution in [-0.2, 0) is 0 Å². The smallest absolute Gasteiger partial charge is 0.255 e. The van der Waals surface area contributed by atoms with E-state index in [9.17, 15) is 15.0 Å². The zero-order chi connectivity index (χ0) is 14.8. The van der Waals surface area contributed by atoms with Crippen molar-refractivity contribution < 1.29 is 15.0 Å². The molecule has 2 unspecified atom stereocenters. The van der Waals surface area contributed by atoms with Crippen LogP contribution in [0.15, 0.2) is 36.4 Å². The predicted molar refractivity (Wildman–Crippen MR) is 81.3 cm³/mol. The summed E-state index contributed by atoms with van der Waals surface area (Å²) in [6, 6.07) is 10.6. The maximum absolute atomic E-state index is 12.3. The number of rotatable bonds is 2. The van der Waals surface area contributed by atoms with Crippen molar-refractivity contribution in [2.45, 2.75) is 37.8 Å². The van der Waals surface area contributed by atoms with Gasteiger partial charge in [0.2, 0.25) is 0 Å². The van der Waals surface area contributed by atoms with E-state index in [1.54, 1.807) is 12.1 Å². The van der Waals surface area contributed by atoms with E-state index in [2.05, 4.69) is 5.32 Å². The number of aliphatic hydroxyl groups excluding tert-OH is 1. The number of fused-ring (bicyclic) bond motifs is 1. The van der Waals surface area contributed by atoms with Crippen LogP contribution in [0.4, 0.5) is 0 Å². The molecule has 21 heavy (non-hydrogen) atoms. The molecule has 0 spiro atoms. The Hall–Kier alpha value is -2.07. The SMILES string of the molecule is O=C(NC1CCCCC1O)c1cc2ccccc2cc1O. The Kier molecular flexibility index (Phi) is 3.80. The van der Waals surface area contributed by atoms with E-state index in [0.717, 1.165) is 30.0 Å². The number of amides is 1. The Morgan fingerprint density at radius 1 is 1.10 bits per heavy atom. The molecule has 0 aromatic heterocycles. The van der Waals surface area contributed by atoms with Crippen molar-refractivity contribution in [2.75, 3.05) is 0 Å². The van der Waals surface area contributed by atoms with Gasteiger partial charge in [-0.25, -0.2) is 0 Å². The largest absolute Gasteiger partial charge is 0.507 e. The van der Waals surface area contributed by atoms with E-state index in [1.165, 1.54) is 0 Å². The maximum Gasteiger partial charge on any atom is 0.255 e. The van der Waals surface area contributed by atoms with Gasteiger partial charge in [-0.1, -0.05) is 37.1 Å². The fourth-order valence-electron chi connectivity index (χ4n) is 2.94. The number of phenols is 1. The third-order valence-electron chi connectivity index (χ3n) is 4.15. The molecule has 3 N–H and O–H groups in total. The summed E-state index contributed by atoms with van der Waals surface area (Å²) >= 11 is 0. The van der Waals surface area contributed by atoms with Gasteiger partial charge < -0.3 is 15.5 Å². The zero-order valence-electron chi connectivity index (χ0n) is 11.7. The summed E-state index contributed by atoms with van der Waals surface area (Å²) in [5, 5.41) is 24.6. The molecule has 2 aromatic carbocycles. The second-order valence-corrected chi connectivity index (χ2v) is 5.65. The summed E-state index contributed by atoms with van der Waals surface area (Å²) in [6.45, 7) is 0. The average Bonchev–Trinajstić information content (AvgIpc) is 2.49. The minimum Gasteiger partial charge on any atom is -0.507 e. The molecule has 2 atom stereocenters. The Bertz CT molecular complexity index is 668. The highest BCUT2D eigenvalue weighted by molar-refractivity contribution is 6.01. The Morgan fingerprint density at radius 3 is 2.48 bits per heavy atom. The fraction of sp³-hybridized carbons (Fsp3) is 0.353. The third kappa shape index (κ3) is 2.85. The first-order valence-corrected chi connectivity index (χ1v) is 7.36. The number of benzene rings is 2. The van der Waals surface area contributed by atoms with Crippen molar-refractivity contribution in [1.82, 2.24) is 5.32 Å². The summed E-state index contributed by atoms with van der Waals surface area (Å²) in [5.74, 6) is -0.360. The van der Waals surface area contributed by atoms with Crippen LogP contribution in [0.25, 0.3) is 10.8 Å². The Labute approximate surface area is 123 Å². The average molecular weight is 285 g/mol. The molecule has 4 heteroatoms. The standard InChI is InChI=1S/C17H19NO3/c19-15-8-4-3-7-14(15)18-17(21)13-9-11-5-1-2-6-12(11)10-16(13)20/h1-2,5-6,9-10,14-15,19-20H,3-4,7-8H2,(H,18,21). The highest BCUT2D eigenvalue weighted by atomic mass is 16.3. The summed E-state index contributed by atoms with van der Waals surface area (Å²) in [6.07, 6.45) is 3.00. The van der Waals surface area contributed by atoms with Crippen molar-refractivity contribution in [2.24, 2.45) is 0 Å². The molecule has 0 radical (unpaired) electrons. The molecule has 3 rings (SSSR count). The number of aromatic hydroxyl groups is 1. The Balaban J connectivity index is 1.85. The lowest BCUT2D eigenvalue weighted by Crippen LogP contribution is -2.45. The third-order valence-corrected chi connectivity index (χ3v) is 4.15. The van der Waals surface area contributed by atoms with Gasteiger partial charge in [0, 0.05) is 0 Å². The molecule has 0 aliphatic heterocycles. The maximum atomic E-state index is 12.3. The molecule has 110 valence electrons. The van der Waals surface area contributed by atoms with Gasteiger partial charge in [-0.05, 0) is 35.7 Å². The van der Waals surface area contributed by atoms with Crippen LogP contribution in [0.2, 0.25) is 0 Å². The quantitative estimate of drug-likeness (QED) is 0.794. The number of hydrogen-bond donors (Lipinski definition) is 3. The van der Waals surface area contributed by atoms with E-state index >= 15 is 0 Å². The molecular weight excluding hydrogens is 266 g/mol. The van der Waals surface area contributed by atoms with Crippen LogP contribution in [0.1, 0.15) is 36.0 Å². The molecule has 0 saturated heterocycles. The minimum atomic E-state index is -0.495. The van der Waals surface area contributed by atoms with Crippen LogP contribution in [-0.4, -0.2) is 28.3 Å². The van der Waals surface area contributed by atoms with E-state index in [1.807, 2.05) is 24.3 Å². The first-order chi connectivity index (χ1) is 10.1. The summed E-state index contributed by atoms with van der Waals surface area (Å²) in [5.41, 5.74) is 0.256. The first kappa shape index (κ1) is 13.9. The lowest BCUT2D eigenvalue weighted by atomic mass is 9.92. The van der Waals surface area contributed by atoms with Crippen LogP contribution in [0.5, 0.6) is 5.75 Å². The van der Waals surface area contributed by atoms with Crippen LogP contribution in [0, 0.1) is 0 Å². The van der Waals surface area contributed by atoms with Gasteiger partial charge >= 0.3 is 0 Å². The van der Waals surface area contributed by atoms with Gasteiger partial charge in [-0.2, -0.15) is 0 Å². The first-order valence-electron chi connectivity index (χ1n) is 7.36. The fourth-order valence-corrected chi connectivity index (χ4v) is 2.94. The summed E-state index contributed by atoms with van der Waals surface area (Å²) in [4.78, 5) is 12.3. The highest BCUT2D eigenvalue weighted by Crippen LogP contribution is 2.26. The number of aliphatic hydroxyl groups is 1. The molecule has 0 bridgehead atoms. The molecule has 4 nitrogen and oxygen atoms in total. The molecule has 1 fully saturated rings. The van der Waals surface area contributed by atoms with Crippen LogP contribution < -0.4 is 5.32 Å². The van der Waals surface area contributed by atoms with Gasteiger partial charge in [-0.3, -0.25) is 4.79 Å². The zero-order valence-corrected chi connectivity index (χ0v) is 11.7. The number of carbonyl (C=O) groups is 1. The normalized spacial score (nSPS) is 22.1. The van der Waals surface area contributed by atoms with Gasteiger partial charge in [0.25, 0.3) is 5.91 Å². The number of phenolic OH excluding ortho intramolecular Hbond substituents is 1. The summed E-state index contributed by atoms with van der Waals surface area (Å²) < 4.78 is 0. The van der Waals surface area contributed by atoms with Gasteiger partial charge in [0.1, 0.15) is 5.75 Å². The highest BCUT2D eigenvalue weighted by Gasteiger charge is 2.25. The summed E-state index contributed by atoms with van der Waals surface area (Å²) in [7, 11) is 0. The predicted octanol–water partition coefficient (Wildman–Crippen LogP) is 2.58. The molecular formula is C17H19NO3. The van der Waals surface area contributed by atoms with Crippen molar-refractivity contribution >= 4 is 16.7 Å². The number of carbonyl (C=O) groups excluding carboxylic acids is 1. The molecule has 1 aliphatic carbocycles. The van der Waals surface area contributed by atoms with Crippen LogP contribution in [0.3, 0.4) is 0 Å². The van der Waals surface area contributed by atoms with E-state index in [0.29, 0.717) is 6.42 Å². The van der Waals surface area contributed by atoms with Gasteiger partial charge in [0.15, 0.2) is 0 Å². The monoisotopic (exact) mass is 285 g/mol. The molecule has 1 saturated carbocycles. The second-order valence-electron chi connectivity index (χ2n) is 5.65. The van der Waals surface area contributed by atoms with E-state index < -0.39 is 6.10 Å². The van der Waals surface area contributed by atoms with E-state index in [-0.39, 0.29) is 23.3 Å². The lowest BCUT2D eigenvalue weighted by Gasteiger charge is -2.28. The van der Waals surface area contributed by atoms with Crippen molar-refractivity contribution in [3.8, 4) is 5.75 Å². The van der Waals surface area contributed by atoms with Crippen LogP contribution >= 0.6 is 0 Å². The van der Waals surface area contributed by atoms with E-state index in [4.69, 9.17) is 0 Å². The Morgan fingerprint density at radius 2 is 1.76 bits per heavy atom. The second kappa shape index (κ2) is 5.74. The molecule has 0 heterocycles. The number of hydrogen-bond acceptors (Lipinski definition) is 3. The molecule has 1 aliphatic rings. The molecule has 2 aromatic rings. The van der Waals surface area contributed by atoms with Crippen molar-refractivity contribution in [3.05, 3.63) is 42.0 Å². The lowest BCUT2D eigenvalue weighted by molar-refractivity contribution is 0.0715.